The Morgan fingerprint density at radius 1 is 1.53 bits per heavy atom. The predicted molar refractivity (Wildman–Crippen MR) is 55.2 cm³/mol. The highest BCUT2D eigenvalue weighted by Crippen LogP contribution is 2.30. The van der Waals surface area contributed by atoms with E-state index in [0.29, 0.717) is 0 Å². The molecule has 1 rings (SSSR count). The lowest BCUT2D eigenvalue weighted by Crippen LogP contribution is -2.49. The summed E-state index contributed by atoms with van der Waals surface area (Å²) in [6.45, 7) is 6.84. The molecule has 1 amide bonds. The molecule has 1 aliphatic rings. The molecule has 0 bridgehead atoms. The van der Waals surface area contributed by atoms with Crippen LogP contribution < -0.4 is 5.32 Å². The molecule has 84 valence electrons. The van der Waals surface area contributed by atoms with Gasteiger partial charge >= 0.3 is 0 Å². The fraction of sp³-hybridized carbons (Fsp3) is 0.727. The maximum Gasteiger partial charge on any atom is 0.239 e. The Labute approximate surface area is 89.4 Å². The Hall–Kier alpha value is -1.19. The van der Waals surface area contributed by atoms with Crippen LogP contribution in [0.1, 0.15) is 34.1 Å². The Morgan fingerprint density at radius 3 is 2.40 bits per heavy atom. The fourth-order valence-electron chi connectivity index (χ4n) is 1.95. The number of hydrogen-bond acceptors (Lipinski definition) is 3. The van der Waals surface area contributed by atoms with Crippen molar-refractivity contribution in [3.63, 3.8) is 0 Å². The van der Waals surface area contributed by atoms with Gasteiger partial charge in [0.2, 0.25) is 5.91 Å². The van der Waals surface area contributed by atoms with Gasteiger partial charge in [-0.25, -0.2) is 0 Å². The topological polar surface area (TPSA) is 63.2 Å². The molecule has 4 nitrogen and oxygen atoms in total. The van der Waals surface area contributed by atoms with Crippen LogP contribution in [0.2, 0.25) is 0 Å². The number of rotatable bonds is 3. The van der Waals surface area contributed by atoms with Crippen molar-refractivity contribution in [3.8, 4) is 0 Å². The number of carbonyl (C=O) groups is 3. The molecule has 1 heterocycles. The predicted octanol–water partition coefficient (Wildman–Crippen LogP) is 0.695. The van der Waals surface area contributed by atoms with E-state index in [0.717, 1.165) is 6.42 Å². The molecule has 1 aliphatic heterocycles. The van der Waals surface area contributed by atoms with Gasteiger partial charge in [-0.3, -0.25) is 14.4 Å². The van der Waals surface area contributed by atoms with Gasteiger partial charge in [0.15, 0.2) is 11.7 Å². The summed E-state index contributed by atoms with van der Waals surface area (Å²) < 4.78 is 0. The van der Waals surface area contributed by atoms with Crippen molar-refractivity contribution in [3.05, 3.63) is 0 Å². The standard InChI is InChI=1S/C11H17NO3/c1-5-6(2)11(4)9(14)8(7(3)13)10(15)12-11/h6,8H,5H2,1-4H3,(H,12,15)/t6?,8?,11-/m0/s1. The van der Waals surface area contributed by atoms with Gasteiger partial charge in [0.25, 0.3) is 0 Å². The van der Waals surface area contributed by atoms with Gasteiger partial charge in [-0.05, 0) is 19.8 Å². The second kappa shape index (κ2) is 3.76. The van der Waals surface area contributed by atoms with Gasteiger partial charge in [0.1, 0.15) is 5.78 Å². The normalized spacial score (nSPS) is 32.7. The molecule has 0 saturated carbocycles. The van der Waals surface area contributed by atoms with Gasteiger partial charge in [-0.1, -0.05) is 20.3 Å². The van der Waals surface area contributed by atoms with Crippen molar-refractivity contribution < 1.29 is 14.4 Å². The van der Waals surface area contributed by atoms with Crippen LogP contribution in [0.4, 0.5) is 0 Å². The summed E-state index contributed by atoms with van der Waals surface area (Å²) in [7, 11) is 0. The number of hydrogen-bond donors (Lipinski definition) is 1. The molecule has 0 spiro atoms. The Morgan fingerprint density at radius 2 is 2.07 bits per heavy atom. The van der Waals surface area contributed by atoms with Crippen LogP contribution in [0.3, 0.4) is 0 Å². The smallest absolute Gasteiger partial charge is 0.239 e. The lowest BCUT2D eigenvalue weighted by atomic mass is 9.80. The van der Waals surface area contributed by atoms with Crippen LogP contribution in [0.25, 0.3) is 0 Å². The Balaban J connectivity index is 3.04. The SMILES string of the molecule is CCC(C)[C@]1(C)NC(=O)C(C(C)=O)C1=O. The minimum atomic E-state index is -1.09. The van der Waals surface area contributed by atoms with Crippen molar-refractivity contribution >= 4 is 17.5 Å². The summed E-state index contributed by atoms with van der Waals surface area (Å²) in [6, 6.07) is 0. The first-order valence-electron chi connectivity index (χ1n) is 5.21. The summed E-state index contributed by atoms with van der Waals surface area (Å²) >= 11 is 0. The van der Waals surface area contributed by atoms with E-state index in [1.54, 1.807) is 6.92 Å². The van der Waals surface area contributed by atoms with E-state index >= 15 is 0 Å². The summed E-state index contributed by atoms with van der Waals surface area (Å²) in [5, 5.41) is 2.65. The highest BCUT2D eigenvalue weighted by atomic mass is 16.2. The van der Waals surface area contributed by atoms with Crippen molar-refractivity contribution in [2.75, 3.05) is 0 Å². The average Bonchev–Trinajstić information content (AvgIpc) is 2.37. The lowest BCUT2D eigenvalue weighted by Gasteiger charge is -2.28. The third-order valence-electron chi connectivity index (χ3n) is 3.42. The number of Topliss-reactive ketones (excluding diaryl/α,β-unsaturated/α-hetero) is 2. The molecule has 4 heteroatoms. The molecule has 15 heavy (non-hydrogen) atoms. The van der Waals surface area contributed by atoms with E-state index in [4.69, 9.17) is 0 Å². The zero-order valence-electron chi connectivity index (χ0n) is 9.59. The first-order chi connectivity index (χ1) is 6.84. The van der Waals surface area contributed by atoms with Crippen molar-refractivity contribution in [2.45, 2.75) is 39.7 Å². The number of ketones is 2. The van der Waals surface area contributed by atoms with Crippen molar-refractivity contribution in [1.82, 2.24) is 5.32 Å². The molecule has 3 atom stereocenters. The minimum Gasteiger partial charge on any atom is -0.343 e. The second-order valence-corrected chi connectivity index (χ2v) is 4.41. The van der Waals surface area contributed by atoms with E-state index in [1.807, 2.05) is 13.8 Å². The van der Waals surface area contributed by atoms with Crippen molar-refractivity contribution in [2.24, 2.45) is 11.8 Å². The third-order valence-corrected chi connectivity index (χ3v) is 3.42. The fourth-order valence-corrected chi connectivity index (χ4v) is 1.95. The molecule has 1 fully saturated rings. The van der Waals surface area contributed by atoms with Crippen LogP contribution >= 0.6 is 0 Å². The molecule has 0 aromatic carbocycles. The first kappa shape index (κ1) is 11.9. The molecular formula is C11H17NO3. The average molecular weight is 211 g/mol. The Kier molecular flexibility index (Phi) is 2.98. The number of carbonyl (C=O) groups excluding carboxylic acids is 3. The summed E-state index contributed by atoms with van der Waals surface area (Å²) in [6.07, 6.45) is 0.785. The quantitative estimate of drug-likeness (QED) is 0.699. The van der Waals surface area contributed by atoms with Gasteiger partial charge in [0, 0.05) is 0 Å². The monoisotopic (exact) mass is 211 g/mol. The summed E-state index contributed by atoms with van der Waals surface area (Å²) in [4.78, 5) is 34.7. The minimum absolute atomic E-state index is 0.0401. The van der Waals surface area contributed by atoms with Crippen LogP contribution in [0.5, 0.6) is 0 Å². The molecular weight excluding hydrogens is 194 g/mol. The molecule has 2 unspecified atom stereocenters. The van der Waals surface area contributed by atoms with Crippen molar-refractivity contribution in [1.29, 1.82) is 0 Å². The molecule has 1 N–H and O–H groups in total. The van der Waals surface area contributed by atoms with E-state index in [9.17, 15) is 14.4 Å². The third kappa shape index (κ3) is 1.68. The number of amides is 1. The van der Waals surface area contributed by atoms with E-state index in [1.165, 1.54) is 6.92 Å². The summed E-state index contributed by atoms with van der Waals surface area (Å²) in [5.74, 6) is -2.16. The van der Waals surface area contributed by atoms with Crippen LogP contribution in [0, 0.1) is 11.8 Å². The second-order valence-electron chi connectivity index (χ2n) is 4.41. The van der Waals surface area contributed by atoms with E-state index in [-0.39, 0.29) is 17.5 Å². The van der Waals surface area contributed by atoms with Gasteiger partial charge in [-0.2, -0.15) is 0 Å². The van der Waals surface area contributed by atoms with Crippen LogP contribution in [-0.2, 0) is 14.4 Å². The lowest BCUT2D eigenvalue weighted by molar-refractivity contribution is -0.136. The van der Waals surface area contributed by atoms with E-state index < -0.39 is 17.4 Å². The zero-order chi connectivity index (χ0) is 11.8. The van der Waals surface area contributed by atoms with Gasteiger partial charge < -0.3 is 5.32 Å². The van der Waals surface area contributed by atoms with Crippen LogP contribution in [-0.4, -0.2) is 23.0 Å². The van der Waals surface area contributed by atoms with Gasteiger partial charge in [0.05, 0.1) is 5.54 Å². The first-order valence-corrected chi connectivity index (χ1v) is 5.21. The molecule has 0 aliphatic carbocycles. The van der Waals surface area contributed by atoms with E-state index in [2.05, 4.69) is 5.32 Å². The maximum atomic E-state index is 12.0. The highest BCUT2D eigenvalue weighted by molar-refractivity contribution is 6.25. The molecule has 0 aromatic heterocycles. The largest absolute Gasteiger partial charge is 0.343 e. The number of nitrogens with one attached hydrogen (secondary N) is 1. The van der Waals surface area contributed by atoms with Crippen LogP contribution in [0.15, 0.2) is 0 Å². The zero-order valence-corrected chi connectivity index (χ0v) is 9.59. The molecule has 1 saturated heterocycles. The molecule has 0 aromatic rings. The highest BCUT2D eigenvalue weighted by Gasteiger charge is 2.53. The summed E-state index contributed by atoms with van der Waals surface area (Å²) in [5.41, 5.74) is -0.873. The maximum absolute atomic E-state index is 12.0. The van der Waals surface area contributed by atoms with Gasteiger partial charge in [-0.15, -0.1) is 0 Å². The molecule has 0 radical (unpaired) electrons. The Bertz CT molecular complexity index is 324.